The van der Waals surface area contributed by atoms with E-state index in [1.807, 2.05) is 83.2 Å². The Kier molecular flexibility index (Phi) is 19.9. The molecule has 0 saturated carbocycles. The lowest BCUT2D eigenvalue weighted by Gasteiger charge is -2.48. The van der Waals surface area contributed by atoms with Crippen LogP contribution in [0, 0.1) is 17.8 Å². The molecule has 19 atom stereocenters. The Morgan fingerprint density at radius 1 is 0.973 bits per heavy atom. The van der Waals surface area contributed by atoms with Gasteiger partial charge in [0, 0.05) is 81.3 Å². The fourth-order valence-electron chi connectivity index (χ4n) is 11.7. The van der Waals surface area contributed by atoms with Gasteiger partial charge < -0.3 is 58.6 Å². The maximum absolute atomic E-state index is 14.8. The Hall–Kier alpha value is -3.47. The first-order valence-corrected chi connectivity index (χ1v) is 26.5. The first kappa shape index (κ1) is 58.8. The normalized spacial score (nSPS) is 38.6. The van der Waals surface area contributed by atoms with Crippen molar-refractivity contribution in [2.45, 2.75) is 211 Å². The Labute approximate surface area is 432 Å². The van der Waals surface area contributed by atoms with Crippen molar-refractivity contribution in [2.75, 3.05) is 41.0 Å². The van der Waals surface area contributed by atoms with E-state index < -0.39 is 103 Å². The summed E-state index contributed by atoms with van der Waals surface area (Å²) in [6.07, 6.45) is -0.128. The molecule has 3 fully saturated rings. The summed E-state index contributed by atoms with van der Waals surface area (Å²) < 4.78 is 55.1. The van der Waals surface area contributed by atoms with E-state index in [0.29, 0.717) is 32.4 Å². The molecule has 1 aromatic carbocycles. The van der Waals surface area contributed by atoms with Crippen molar-refractivity contribution in [1.82, 2.24) is 35.0 Å². The number of nitrogens with one attached hydrogen (secondary N) is 1. The van der Waals surface area contributed by atoms with Crippen LogP contribution in [0.4, 0.5) is 4.39 Å². The Bertz CT molecular complexity index is 2170. The SMILES string of the molecule is CC[C@H]1OC(=O)[C@H](C)[C@@H](O[C@H]2C[C@@](C)(OC)[C@@H](O)[C@H](C)O2)[C@H](C)[C@@H](O[C@H]2C[C@@H](N(C)CCc3cn([C@H](CF)[C@H](C)c4ccc(-c5cn[nH]c5)cc4)nn3)C[C@@H](C)O2)[C@](C)(O)C[C@@H](C)CN(C)[C@H](C)[C@@H](O)[C@]1(C)O. The van der Waals surface area contributed by atoms with Crippen LogP contribution in [0.15, 0.2) is 42.9 Å². The van der Waals surface area contributed by atoms with E-state index in [4.69, 9.17) is 28.4 Å². The third kappa shape index (κ3) is 13.7. The standard InChI is InChI=1S/C54H88FN7O11/c1-15-44-54(11,67)48(63)36(7)61(13)29-31(2)24-52(9,66)50(34(5)47(35(6)51(65)71-44)72-46-25-53(10,68-14)49(64)37(8)70-46)73-45-23-42(22-32(3)69-45)60(12)21-20-41-30-62(59-58-41)43(26-55)33(4)38-16-18-39(19-17-38)40-27-56-57-28-40/h16-19,27-28,30-37,42-50,63-64,66-67H,15,20-26,29H2,1-14H3,(H,56,57)/t31-,32-,33-,34+,35-,36-,37+,42+,43-,44-,45+,46+,47+,48-,49+,50-,52-,53-,54-/m1/s1. The summed E-state index contributed by atoms with van der Waals surface area (Å²) in [5.41, 5.74) is -0.646. The van der Waals surface area contributed by atoms with Crippen LogP contribution in [-0.2, 0) is 39.6 Å². The molecular weight excluding hydrogens is 942 g/mol. The van der Waals surface area contributed by atoms with Crippen LogP contribution in [0.1, 0.15) is 131 Å². The second-order valence-corrected chi connectivity index (χ2v) is 22.6. The van der Waals surface area contributed by atoms with Gasteiger partial charge in [-0.25, -0.2) is 9.07 Å². The summed E-state index contributed by atoms with van der Waals surface area (Å²) in [5.74, 6) is -2.70. The number of aliphatic hydroxyl groups excluding tert-OH is 2. The van der Waals surface area contributed by atoms with Crippen LogP contribution in [0.2, 0.25) is 0 Å². The zero-order valence-electron chi connectivity index (χ0n) is 45.9. The molecule has 0 aliphatic carbocycles. The molecule has 3 saturated heterocycles. The predicted octanol–water partition coefficient (Wildman–Crippen LogP) is 5.84. The van der Waals surface area contributed by atoms with E-state index in [-0.39, 0.29) is 43.2 Å². The van der Waals surface area contributed by atoms with Gasteiger partial charge in [-0.2, -0.15) is 5.10 Å². The van der Waals surface area contributed by atoms with Gasteiger partial charge in [0.25, 0.3) is 0 Å². The van der Waals surface area contributed by atoms with Gasteiger partial charge in [-0.3, -0.25) is 9.89 Å². The van der Waals surface area contributed by atoms with E-state index in [9.17, 15) is 29.6 Å². The molecule has 3 aliphatic heterocycles. The maximum atomic E-state index is 14.8. The molecule has 73 heavy (non-hydrogen) atoms. The first-order valence-electron chi connectivity index (χ1n) is 26.5. The summed E-state index contributed by atoms with van der Waals surface area (Å²) in [7, 11) is 5.44. The quantitative estimate of drug-likeness (QED) is 0.113. The first-order chi connectivity index (χ1) is 34.3. The number of ether oxygens (including phenoxy) is 6. The molecule has 0 bridgehead atoms. The molecule has 19 heteroatoms. The number of alkyl halides is 1. The van der Waals surface area contributed by atoms with Gasteiger partial charge in [-0.05, 0) is 98.9 Å². The van der Waals surface area contributed by atoms with E-state index in [1.165, 1.54) is 14.0 Å². The second kappa shape index (κ2) is 24.7. The average Bonchev–Trinajstić information content (AvgIpc) is 4.07. The number of esters is 1. The van der Waals surface area contributed by atoms with Crippen molar-refractivity contribution in [1.29, 1.82) is 0 Å². The second-order valence-electron chi connectivity index (χ2n) is 22.6. The van der Waals surface area contributed by atoms with Crippen molar-refractivity contribution < 1.29 is 58.0 Å². The summed E-state index contributed by atoms with van der Waals surface area (Å²) >= 11 is 0. The van der Waals surface area contributed by atoms with Crippen molar-refractivity contribution in [3.05, 3.63) is 54.1 Å². The molecule has 18 nitrogen and oxygen atoms in total. The lowest BCUT2D eigenvalue weighted by Crippen LogP contribution is -2.59. The van der Waals surface area contributed by atoms with Gasteiger partial charge in [-0.1, -0.05) is 57.2 Å². The summed E-state index contributed by atoms with van der Waals surface area (Å²) in [6.45, 7) is 20.4. The highest BCUT2D eigenvalue weighted by molar-refractivity contribution is 5.73. The molecule has 0 amide bonds. The largest absolute Gasteiger partial charge is 0.459 e. The van der Waals surface area contributed by atoms with Crippen LogP contribution in [0.3, 0.4) is 0 Å². The number of likely N-dealkylation sites (N-methyl/N-ethyl adjacent to an activating group) is 2. The molecule has 6 rings (SSSR count). The molecule has 0 radical (unpaired) electrons. The van der Waals surface area contributed by atoms with Gasteiger partial charge in [0.15, 0.2) is 12.6 Å². The van der Waals surface area contributed by atoms with Gasteiger partial charge >= 0.3 is 5.97 Å². The summed E-state index contributed by atoms with van der Waals surface area (Å²) in [6, 6.07) is 6.98. The third-order valence-corrected chi connectivity index (χ3v) is 16.6. The topological polar surface area (TPSA) is 219 Å². The molecule has 2 aromatic heterocycles. The number of carbonyl (C=O) groups is 1. The average molecular weight is 1030 g/mol. The number of aromatic amines is 1. The zero-order valence-corrected chi connectivity index (χ0v) is 45.9. The van der Waals surface area contributed by atoms with Gasteiger partial charge in [0.05, 0.1) is 59.5 Å². The monoisotopic (exact) mass is 1030 g/mol. The summed E-state index contributed by atoms with van der Waals surface area (Å²) in [4.78, 5) is 18.7. The zero-order chi connectivity index (χ0) is 53.7. The van der Waals surface area contributed by atoms with Gasteiger partial charge in [0.1, 0.15) is 30.6 Å². The minimum Gasteiger partial charge on any atom is -0.459 e. The van der Waals surface area contributed by atoms with Crippen molar-refractivity contribution in [3.63, 3.8) is 0 Å². The number of aromatic nitrogens is 5. The number of nitrogens with zero attached hydrogens (tertiary/aromatic N) is 6. The van der Waals surface area contributed by atoms with E-state index in [1.54, 1.807) is 45.5 Å². The van der Waals surface area contributed by atoms with Gasteiger partial charge in [0.2, 0.25) is 0 Å². The molecular formula is C54H88FN7O11. The number of cyclic esters (lactones) is 1. The fraction of sp³-hybridized carbons (Fsp3) is 0.778. The number of benzene rings is 1. The smallest absolute Gasteiger partial charge is 0.311 e. The molecule has 0 unspecified atom stereocenters. The van der Waals surface area contributed by atoms with E-state index >= 15 is 0 Å². The number of halogens is 1. The van der Waals surface area contributed by atoms with Crippen LogP contribution in [-0.4, -0.2) is 187 Å². The summed E-state index contributed by atoms with van der Waals surface area (Å²) in [5, 5.41) is 63.3. The maximum Gasteiger partial charge on any atom is 0.311 e. The van der Waals surface area contributed by atoms with Crippen molar-refractivity contribution in [3.8, 4) is 11.1 Å². The van der Waals surface area contributed by atoms with Crippen LogP contribution in [0.5, 0.6) is 0 Å². The molecule has 3 aromatic rings. The lowest BCUT2D eigenvalue weighted by molar-refractivity contribution is -0.308. The highest BCUT2D eigenvalue weighted by Gasteiger charge is 2.52. The molecule has 412 valence electrons. The van der Waals surface area contributed by atoms with E-state index in [2.05, 4.69) is 32.5 Å². The number of aliphatic hydroxyl groups is 4. The molecule has 5 heterocycles. The predicted molar refractivity (Wildman–Crippen MR) is 273 cm³/mol. The highest BCUT2D eigenvalue weighted by atomic mass is 19.1. The van der Waals surface area contributed by atoms with E-state index in [0.717, 1.165) is 22.4 Å². The highest BCUT2D eigenvalue weighted by Crippen LogP contribution is 2.40. The number of hydrogen-bond donors (Lipinski definition) is 5. The number of H-pyrrole nitrogens is 1. The fourth-order valence-corrected chi connectivity index (χ4v) is 11.7. The lowest BCUT2D eigenvalue weighted by atomic mass is 9.77. The Balaban J connectivity index is 1.23. The molecule has 0 spiro atoms. The number of hydrogen-bond acceptors (Lipinski definition) is 16. The Morgan fingerprint density at radius 3 is 2.30 bits per heavy atom. The van der Waals surface area contributed by atoms with Crippen molar-refractivity contribution >= 4 is 5.97 Å². The van der Waals surface area contributed by atoms with Gasteiger partial charge in [-0.15, -0.1) is 5.10 Å². The number of carbonyl (C=O) groups excluding carboxylic acids is 1. The Morgan fingerprint density at radius 2 is 1.67 bits per heavy atom. The minimum atomic E-state index is -1.82. The molecule has 3 aliphatic rings. The van der Waals surface area contributed by atoms with Crippen LogP contribution in [0.25, 0.3) is 11.1 Å². The third-order valence-electron chi connectivity index (χ3n) is 16.6. The van der Waals surface area contributed by atoms with Crippen LogP contribution < -0.4 is 0 Å². The van der Waals surface area contributed by atoms with Crippen LogP contribution >= 0.6 is 0 Å². The minimum absolute atomic E-state index is 0.00502. The van der Waals surface area contributed by atoms with Crippen molar-refractivity contribution in [2.24, 2.45) is 17.8 Å². The number of rotatable bonds is 15. The molecule has 5 N–H and O–H groups in total. The number of methoxy groups -OCH3 is 1.